The summed E-state index contributed by atoms with van der Waals surface area (Å²) in [6, 6.07) is 1.52. The molecule has 0 bridgehead atoms. The maximum Gasteiger partial charge on any atom is 0.255 e. The van der Waals surface area contributed by atoms with Gasteiger partial charge in [0, 0.05) is 11.5 Å². The van der Waals surface area contributed by atoms with Gasteiger partial charge in [-0.3, -0.25) is 24.1 Å². The number of primary amides is 1. The maximum atomic E-state index is 14.0. The summed E-state index contributed by atoms with van der Waals surface area (Å²) in [5.41, 5.74) is 0.921. The third-order valence-corrected chi connectivity index (χ3v) is 7.86. The average molecular weight is 545 g/mol. The van der Waals surface area contributed by atoms with Crippen LogP contribution in [0.3, 0.4) is 0 Å². The Balaban J connectivity index is 1.95. The van der Waals surface area contributed by atoms with E-state index in [0.29, 0.717) is 5.56 Å². The number of rotatable bonds is 5. The van der Waals surface area contributed by atoms with Crippen molar-refractivity contribution in [3.05, 3.63) is 40.2 Å². The van der Waals surface area contributed by atoms with Crippen LogP contribution in [0.4, 0.5) is 5.69 Å². The Bertz CT molecular complexity index is 1370. The second-order valence-corrected chi connectivity index (χ2v) is 10.8. The number of carbonyl (C=O) groups is 4. The van der Waals surface area contributed by atoms with Crippen molar-refractivity contribution in [2.24, 2.45) is 17.6 Å². The smallest absolute Gasteiger partial charge is 0.255 e. The van der Waals surface area contributed by atoms with Crippen molar-refractivity contribution in [3.63, 3.8) is 0 Å². The van der Waals surface area contributed by atoms with Crippen LogP contribution in [-0.4, -0.2) is 111 Å². The van der Waals surface area contributed by atoms with Gasteiger partial charge in [0.25, 0.3) is 5.91 Å². The van der Waals surface area contributed by atoms with E-state index in [1.54, 1.807) is 25.9 Å². The fourth-order valence-corrected chi connectivity index (χ4v) is 6.19. The normalized spacial score (nSPS) is 30.3. The number of amides is 2. The molecule has 210 valence electrons. The molecule has 1 aromatic rings. The molecule has 4 rings (SSSR count). The third kappa shape index (κ3) is 3.92. The van der Waals surface area contributed by atoms with Crippen molar-refractivity contribution in [2.75, 3.05) is 40.1 Å². The number of nitrogens with one attached hydrogen (secondary N) is 1. The molecule has 0 heterocycles. The molecular weight excluding hydrogens is 512 g/mol. The van der Waals surface area contributed by atoms with Crippen LogP contribution in [0.2, 0.25) is 0 Å². The molecule has 0 aliphatic heterocycles. The molecule has 1 saturated carbocycles. The minimum atomic E-state index is -2.99. The van der Waals surface area contributed by atoms with E-state index in [1.807, 2.05) is 0 Å². The lowest BCUT2D eigenvalue weighted by atomic mass is 9.54. The average Bonchev–Trinajstić information content (AvgIpc) is 2.82. The number of phenolic OH excluding ortho intramolecular Hbond substituents is 1. The lowest BCUT2D eigenvalue weighted by molar-refractivity contribution is -0.169. The molecular formula is C26H32N4O9. The largest absolute Gasteiger partial charge is 0.508 e. The number of fused-ring (bicyclic) bond motifs is 3. The summed E-state index contributed by atoms with van der Waals surface area (Å²) in [4.78, 5) is 54.4. The summed E-state index contributed by atoms with van der Waals surface area (Å²) in [5.74, 6) is -10.2. The molecule has 1 fully saturated rings. The van der Waals surface area contributed by atoms with Gasteiger partial charge in [0.05, 0.1) is 35.9 Å². The molecule has 13 heteroatoms. The highest BCUT2D eigenvalue weighted by atomic mass is 16.4. The maximum absolute atomic E-state index is 14.0. The molecule has 2 amide bonds. The summed E-state index contributed by atoms with van der Waals surface area (Å²) >= 11 is 0. The number of hydrogen-bond acceptors (Lipinski definition) is 11. The second-order valence-electron chi connectivity index (χ2n) is 10.8. The molecule has 3 aliphatic rings. The first kappa shape index (κ1) is 28.2. The number of aliphatic hydroxyl groups excluding tert-OH is 3. The van der Waals surface area contributed by atoms with Gasteiger partial charge in [0.1, 0.15) is 22.8 Å². The van der Waals surface area contributed by atoms with Crippen molar-refractivity contribution < 1.29 is 44.7 Å². The predicted molar refractivity (Wildman–Crippen MR) is 138 cm³/mol. The minimum absolute atomic E-state index is 0.000736. The van der Waals surface area contributed by atoms with Gasteiger partial charge >= 0.3 is 0 Å². The van der Waals surface area contributed by atoms with Gasteiger partial charge in [-0.25, -0.2) is 0 Å². The molecule has 1 unspecified atom stereocenters. The topological polar surface area (TPSA) is 214 Å². The molecule has 0 saturated heterocycles. The summed E-state index contributed by atoms with van der Waals surface area (Å²) in [6.45, 7) is 1.63. The summed E-state index contributed by atoms with van der Waals surface area (Å²) < 4.78 is 0. The Kier molecular flexibility index (Phi) is 6.84. The van der Waals surface area contributed by atoms with Crippen LogP contribution >= 0.6 is 0 Å². The van der Waals surface area contributed by atoms with Gasteiger partial charge in [-0.1, -0.05) is 13.0 Å². The summed E-state index contributed by atoms with van der Waals surface area (Å²) in [5, 5.41) is 59.1. The number of hydrogen-bond donors (Lipinski definition) is 7. The lowest BCUT2D eigenvalue weighted by Crippen LogP contribution is -2.70. The highest BCUT2D eigenvalue weighted by Crippen LogP contribution is 2.56. The SMILES string of the molecule is C[C@H]1c2ccc(NC(=O)CN(C)C)c(O)c2C(O)=C2C(=O)[C@]3(O)C(O)=C(C(N)=O)C(=O)[C@@H](N(C)C)[C@@H]3[C@@H](O)C21. The van der Waals surface area contributed by atoms with E-state index in [2.05, 4.69) is 5.32 Å². The van der Waals surface area contributed by atoms with Crippen molar-refractivity contribution in [3.8, 4) is 5.75 Å². The number of benzene rings is 1. The second kappa shape index (κ2) is 9.45. The van der Waals surface area contributed by atoms with Crippen molar-refractivity contribution in [2.45, 2.75) is 30.6 Å². The van der Waals surface area contributed by atoms with E-state index in [-0.39, 0.29) is 17.8 Å². The number of aliphatic hydroxyl groups is 4. The number of carbonyl (C=O) groups excluding carboxylic acids is 4. The van der Waals surface area contributed by atoms with Gasteiger partial charge in [-0.2, -0.15) is 0 Å². The molecule has 8 N–H and O–H groups in total. The number of anilines is 1. The van der Waals surface area contributed by atoms with Gasteiger partial charge in [0.2, 0.25) is 11.7 Å². The zero-order valence-electron chi connectivity index (χ0n) is 22.1. The van der Waals surface area contributed by atoms with E-state index in [4.69, 9.17) is 5.73 Å². The van der Waals surface area contributed by atoms with Crippen LogP contribution in [0.1, 0.15) is 24.0 Å². The van der Waals surface area contributed by atoms with E-state index in [1.165, 1.54) is 31.1 Å². The van der Waals surface area contributed by atoms with E-state index < -0.39 is 87.3 Å². The lowest BCUT2D eigenvalue weighted by Gasteiger charge is -2.53. The Labute approximate surface area is 223 Å². The third-order valence-electron chi connectivity index (χ3n) is 7.86. The van der Waals surface area contributed by atoms with Gasteiger partial charge in [0.15, 0.2) is 11.4 Å². The number of Topliss-reactive ketones (excluding diaryl/α,β-unsaturated/α-hetero) is 2. The van der Waals surface area contributed by atoms with E-state index in [9.17, 15) is 44.7 Å². The number of aromatic hydroxyl groups is 1. The van der Waals surface area contributed by atoms with Gasteiger partial charge < -0.3 is 41.5 Å². The standard InChI is InChI=1S/C26H32N4O9/c1-9-10-6-7-11(28-12(31)8-29(2)3)19(32)14(10)20(33)15-13(9)21(34)17-18(30(4)5)22(35)16(25(27)38)24(37)26(17,39)23(15)36/h6-7,9,13,17-18,21,32-34,37,39H,8H2,1-5H3,(H2,27,38)(H,28,31)/t9-,13?,17+,18-,21-,26-/m0/s1. The molecule has 0 spiro atoms. The first-order chi connectivity index (χ1) is 18.1. The van der Waals surface area contributed by atoms with E-state index in [0.717, 1.165) is 0 Å². The van der Waals surface area contributed by atoms with Gasteiger partial charge in [-0.05, 0) is 45.7 Å². The van der Waals surface area contributed by atoms with Crippen LogP contribution in [-0.2, 0) is 19.2 Å². The summed E-state index contributed by atoms with van der Waals surface area (Å²) in [6.07, 6.45) is -1.68. The van der Waals surface area contributed by atoms with Gasteiger partial charge in [-0.15, -0.1) is 0 Å². The number of likely N-dealkylation sites (N-methyl/N-ethyl adjacent to an activating group) is 2. The fraction of sp³-hybridized carbons (Fsp3) is 0.462. The number of nitrogens with zero attached hydrogens (tertiary/aromatic N) is 2. The Hall–Kier alpha value is -3.78. The first-order valence-electron chi connectivity index (χ1n) is 12.2. The molecule has 0 aromatic heterocycles. The van der Waals surface area contributed by atoms with Crippen LogP contribution in [0, 0.1) is 11.8 Å². The Morgan fingerprint density at radius 3 is 2.26 bits per heavy atom. The minimum Gasteiger partial charge on any atom is -0.508 e. The first-order valence-corrected chi connectivity index (χ1v) is 12.2. The number of nitrogens with two attached hydrogens (primary N) is 1. The number of ketones is 2. The van der Waals surface area contributed by atoms with E-state index >= 15 is 0 Å². The molecule has 1 aromatic carbocycles. The zero-order chi connectivity index (χ0) is 29.3. The quantitative estimate of drug-likeness (QED) is 0.176. The van der Waals surface area contributed by atoms with Crippen molar-refractivity contribution >= 4 is 34.8 Å². The highest BCUT2D eigenvalue weighted by molar-refractivity contribution is 6.24. The molecule has 0 radical (unpaired) electrons. The summed E-state index contributed by atoms with van der Waals surface area (Å²) in [7, 11) is 6.23. The monoisotopic (exact) mass is 544 g/mol. The Morgan fingerprint density at radius 2 is 1.72 bits per heavy atom. The van der Waals surface area contributed by atoms with Crippen LogP contribution in [0.25, 0.3) is 5.76 Å². The van der Waals surface area contributed by atoms with Crippen LogP contribution in [0.15, 0.2) is 29.0 Å². The van der Waals surface area contributed by atoms with Crippen LogP contribution in [0.5, 0.6) is 5.75 Å². The zero-order valence-corrected chi connectivity index (χ0v) is 22.1. The molecule has 39 heavy (non-hydrogen) atoms. The van der Waals surface area contributed by atoms with Crippen molar-refractivity contribution in [1.29, 1.82) is 0 Å². The molecule has 3 aliphatic carbocycles. The fourth-order valence-electron chi connectivity index (χ4n) is 6.19. The van der Waals surface area contributed by atoms with Crippen LogP contribution < -0.4 is 11.1 Å². The highest BCUT2D eigenvalue weighted by Gasteiger charge is 2.68. The molecule has 6 atom stereocenters. The predicted octanol–water partition coefficient (Wildman–Crippen LogP) is -1.00. The van der Waals surface area contributed by atoms with Crippen molar-refractivity contribution in [1.82, 2.24) is 9.80 Å². The molecule has 13 nitrogen and oxygen atoms in total. The number of phenols is 1. The Morgan fingerprint density at radius 1 is 1.10 bits per heavy atom.